The summed E-state index contributed by atoms with van der Waals surface area (Å²) in [5, 5.41) is 17.2. The van der Waals surface area contributed by atoms with Gasteiger partial charge in [0, 0.05) is 38.7 Å². The van der Waals surface area contributed by atoms with Gasteiger partial charge in [0.2, 0.25) is 11.8 Å². The van der Waals surface area contributed by atoms with Crippen LogP contribution in [0.15, 0.2) is 36.4 Å². The first-order valence-electron chi connectivity index (χ1n) is 13.6. The molecule has 0 saturated carbocycles. The minimum Gasteiger partial charge on any atom is -0.493 e. The van der Waals surface area contributed by atoms with Crippen LogP contribution < -0.4 is 5.32 Å². The minimum absolute atomic E-state index is 0.00410. The summed E-state index contributed by atoms with van der Waals surface area (Å²) < 4.78 is 11.8. The fourth-order valence-corrected chi connectivity index (χ4v) is 4.11. The summed E-state index contributed by atoms with van der Waals surface area (Å²) in [4.78, 5) is 54.4. The summed E-state index contributed by atoms with van der Waals surface area (Å²) in [6, 6.07) is 8.96. The number of para-hydroxylation sites is 1. The predicted octanol–water partition coefficient (Wildman–Crippen LogP) is 2.88. The lowest BCUT2D eigenvalue weighted by Gasteiger charge is -2.36. The van der Waals surface area contributed by atoms with Gasteiger partial charge < -0.3 is 29.7 Å². The molecule has 1 aliphatic rings. The van der Waals surface area contributed by atoms with Gasteiger partial charge in [-0.25, -0.2) is 9.48 Å². The van der Waals surface area contributed by atoms with E-state index < -0.39 is 29.6 Å². The van der Waals surface area contributed by atoms with Gasteiger partial charge in [-0.3, -0.25) is 14.4 Å². The summed E-state index contributed by atoms with van der Waals surface area (Å²) in [7, 11) is 0. The van der Waals surface area contributed by atoms with Crippen molar-refractivity contribution in [2.45, 2.75) is 65.0 Å². The average molecular weight is 558 g/mol. The van der Waals surface area contributed by atoms with Crippen LogP contribution in [-0.2, 0) is 19.1 Å². The fraction of sp³-hybridized carbons (Fsp3) is 0.536. The Balaban J connectivity index is 1.69. The number of amides is 3. The number of esters is 1. The molecule has 1 unspecified atom stereocenters. The molecule has 3 rings (SSSR count). The Labute approximate surface area is 234 Å². The Hall–Kier alpha value is -4.09. The number of nitrogens with zero attached hydrogens (tertiary/aromatic N) is 4. The van der Waals surface area contributed by atoms with Crippen molar-refractivity contribution >= 4 is 23.9 Å². The van der Waals surface area contributed by atoms with Gasteiger partial charge in [0.05, 0.1) is 12.3 Å². The van der Waals surface area contributed by atoms with Crippen LogP contribution in [0.3, 0.4) is 0 Å². The van der Waals surface area contributed by atoms with E-state index in [4.69, 9.17) is 9.47 Å². The fourth-order valence-electron chi connectivity index (χ4n) is 4.11. The van der Waals surface area contributed by atoms with Gasteiger partial charge in [0.1, 0.15) is 11.6 Å². The molecule has 2 aromatic rings. The van der Waals surface area contributed by atoms with Gasteiger partial charge in [-0.15, -0.1) is 0 Å². The number of hydrogen-bond acceptors (Lipinski definition) is 8. The third kappa shape index (κ3) is 8.72. The van der Waals surface area contributed by atoms with Crippen molar-refractivity contribution in [3.05, 3.63) is 42.1 Å². The summed E-state index contributed by atoms with van der Waals surface area (Å²) in [5.41, 5.74) is -0.220. The van der Waals surface area contributed by atoms with Crippen molar-refractivity contribution < 1.29 is 33.8 Å². The Morgan fingerprint density at radius 2 is 1.70 bits per heavy atom. The number of rotatable bonds is 10. The molecule has 1 aromatic carbocycles. The number of benzene rings is 1. The largest absolute Gasteiger partial charge is 0.493 e. The van der Waals surface area contributed by atoms with Crippen LogP contribution in [-0.4, -0.2) is 93.0 Å². The van der Waals surface area contributed by atoms with Crippen molar-refractivity contribution in [2.75, 3.05) is 32.8 Å². The first kappa shape index (κ1) is 30.5. The molecule has 1 aromatic heterocycles. The normalized spacial score (nSPS) is 14.4. The third-order valence-electron chi connectivity index (χ3n) is 6.16. The topological polar surface area (TPSA) is 143 Å². The molecule has 1 saturated heterocycles. The molecule has 2 N–H and O–H groups in total. The Morgan fingerprint density at radius 3 is 2.33 bits per heavy atom. The molecule has 40 heavy (non-hydrogen) atoms. The summed E-state index contributed by atoms with van der Waals surface area (Å²) >= 11 is 0. The highest BCUT2D eigenvalue weighted by Gasteiger charge is 2.32. The number of aromatic nitrogens is 2. The van der Waals surface area contributed by atoms with Crippen molar-refractivity contribution in [1.29, 1.82) is 0 Å². The van der Waals surface area contributed by atoms with Crippen LogP contribution in [0, 0.1) is 0 Å². The molecule has 0 bridgehead atoms. The van der Waals surface area contributed by atoms with Crippen LogP contribution >= 0.6 is 0 Å². The Kier molecular flexibility index (Phi) is 10.5. The highest BCUT2D eigenvalue weighted by Crippen LogP contribution is 2.19. The maximum absolute atomic E-state index is 13.5. The highest BCUT2D eigenvalue weighted by molar-refractivity contribution is 5.96. The molecule has 1 atom stereocenters. The smallest absolute Gasteiger partial charge is 0.409 e. The standard InChI is InChI=1S/C28H39N5O7/c1-5-6-18-39-27(38)32-16-14-31(15-17-32)26(37)21(12-13-24(35)40-28(2,3)4)29-25(36)22-19-23(34)33(30-22)20-10-8-7-9-11-20/h7-11,19,21,34H,5-6,12-18H2,1-4H3,(H,29,36). The van der Waals surface area contributed by atoms with Crippen LogP contribution in [0.2, 0.25) is 0 Å². The molecule has 0 aliphatic carbocycles. The van der Waals surface area contributed by atoms with Gasteiger partial charge in [-0.2, -0.15) is 5.10 Å². The first-order valence-corrected chi connectivity index (χ1v) is 13.6. The van der Waals surface area contributed by atoms with E-state index in [0.29, 0.717) is 25.4 Å². The highest BCUT2D eigenvalue weighted by atomic mass is 16.6. The van der Waals surface area contributed by atoms with Crippen LogP contribution in [0.1, 0.15) is 63.9 Å². The zero-order valence-electron chi connectivity index (χ0n) is 23.6. The number of unbranched alkanes of at least 4 members (excludes halogenated alkanes) is 1. The predicted molar refractivity (Wildman–Crippen MR) is 146 cm³/mol. The number of ether oxygens (including phenoxy) is 2. The molecule has 0 radical (unpaired) electrons. The lowest BCUT2D eigenvalue weighted by Crippen LogP contribution is -2.56. The lowest BCUT2D eigenvalue weighted by atomic mass is 10.1. The number of piperazine rings is 1. The zero-order valence-corrected chi connectivity index (χ0v) is 23.6. The van der Waals surface area contributed by atoms with E-state index in [2.05, 4.69) is 10.4 Å². The van der Waals surface area contributed by atoms with Gasteiger partial charge in [0.15, 0.2) is 5.69 Å². The molecule has 12 nitrogen and oxygen atoms in total. The maximum Gasteiger partial charge on any atom is 0.409 e. The van der Waals surface area contributed by atoms with Gasteiger partial charge in [0.25, 0.3) is 5.91 Å². The van der Waals surface area contributed by atoms with Crippen LogP contribution in [0.25, 0.3) is 5.69 Å². The Morgan fingerprint density at radius 1 is 1.05 bits per heavy atom. The van der Waals surface area contributed by atoms with E-state index in [1.165, 1.54) is 10.7 Å². The van der Waals surface area contributed by atoms with Crippen molar-refractivity contribution in [1.82, 2.24) is 24.9 Å². The average Bonchev–Trinajstić information content (AvgIpc) is 3.32. The zero-order chi connectivity index (χ0) is 29.3. The molecule has 1 aliphatic heterocycles. The van der Waals surface area contributed by atoms with Gasteiger partial charge in [-0.05, 0) is 45.7 Å². The molecule has 218 valence electrons. The number of aromatic hydroxyl groups is 1. The van der Waals surface area contributed by atoms with Gasteiger partial charge in [-0.1, -0.05) is 31.5 Å². The second kappa shape index (κ2) is 13.8. The minimum atomic E-state index is -1.05. The van der Waals surface area contributed by atoms with Crippen LogP contribution in [0.5, 0.6) is 5.88 Å². The Bertz CT molecular complexity index is 1170. The third-order valence-corrected chi connectivity index (χ3v) is 6.16. The second-order valence-corrected chi connectivity index (χ2v) is 10.6. The van der Waals surface area contributed by atoms with Crippen LogP contribution in [0.4, 0.5) is 4.79 Å². The monoisotopic (exact) mass is 557 g/mol. The van der Waals surface area contributed by atoms with E-state index in [-0.39, 0.29) is 43.4 Å². The summed E-state index contributed by atoms with van der Waals surface area (Å²) in [6.07, 6.45) is 1.19. The van der Waals surface area contributed by atoms with E-state index in [9.17, 15) is 24.3 Å². The molecular formula is C28H39N5O7. The van der Waals surface area contributed by atoms with E-state index in [1.807, 2.05) is 13.0 Å². The van der Waals surface area contributed by atoms with E-state index in [1.54, 1.807) is 54.8 Å². The van der Waals surface area contributed by atoms with Crippen molar-refractivity contribution in [3.63, 3.8) is 0 Å². The SMILES string of the molecule is CCCCOC(=O)N1CCN(C(=O)C(CCC(=O)OC(C)(C)C)NC(=O)c2cc(O)n(-c3ccccc3)n2)CC1. The molecule has 3 amide bonds. The number of carbonyl (C=O) groups excluding carboxylic acids is 4. The second-order valence-electron chi connectivity index (χ2n) is 10.6. The van der Waals surface area contributed by atoms with E-state index in [0.717, 1.165) is 12.8 Å². The summed E-state index contributed by atoms with van der Waals surface area (Å²) in [6.45, 7) is 8.69. The lowest BCUT2D eigenvalue weighted by molar-refractivity contribution is -0.155. The number of nitrogens with one attached hydrogen (secondary N) is 1. The number of hydrogen-bond donors (Lipinski definition) is 2. The number of carbonyl (C=O) groups is 4. The maximum atomic E-state index is 13.5. The van der Waals surface area contributed by atoms with Crippen molar-refractivity contribution in [3.8, 4) is 11.6 Å². The molecule has 12 heteroatoms. The first-order chi connectivity index (χ1) is 19.0. The molecule has 0 spiro atoms. The molecule has 2 heterocycles. The van der Waals surface area contributed by atoms with Gasteiger partial charge >= 0.3 is 12.1 Å². The quantitative estimate of drug-likeness (QED) is 0.335. The molecular weight excluding hydrogens is 518 g/mol. The van der Waals surface area contributed by atoms with E-state index >= 15 is 0 Å². The molecule has 1 fully saturated rings. The van der Waals surface area contributed by atoms with Crippen molar-refractivity contribution in [2.24, 2.45) is 0 Å². The summed E-state index contributed by atoms with van der Waals surface area (Å²) in [5.74, 6) is -1.80.